The van der Waals surface area contributed by atoms with Gasteiger partial charge >= 0.3 is 0 Å². The molecule has 3 aromatic rings. The van der Waals surface area contributed by atoms with Gasteiger partial charge in [-0.3, -0.25) is 9.52 Å². The minimum atomic E-state index is -3.89. The number of hydrogen-bond acceptors (Lipinski definition) is 5. The lowest BCUT2D eigenvalue weighted by Gasteiger charge is -2.16. The lowest BCUT2D eigenvalue weighted by molar-refractivity contribution is 0.102. The van der Waals surface area contributed by atoms with E-state index in [-0.39, 0.29) is 16.1 Å². The van der Waals surface area contributed by atoms with Gasteiger partial charge in [0.1, 0.15) is 0 Å². The molecule has 0 aliphatic rings. The summed E-state index contributed by atoms with van der Waals surface area (Å²) in [5.74, 6) is 0.557. The van der Waals surface area contributed by atoms with E-state index in [2.05, 4.69) is 10.0 Å². The molecule has 1 amide bonds. The highest BCUT2D eigenvalue weighted by Crippen LogP contribution is 2.33. The molecule has 32 heavy (non-hydrogen) atoms. The van der Waals surface area contributed by atoms with Crippen LogP contribution in [0.25, 0.3) is 0 Å². The molecule has 0 saturated heterocycles. The zero-order valence-electron chi connectivity index (χ0n) is 18.6. The Morgan fingerprint density at radius 2 is 1.47 bits per heavy atom. The van der Waals surface area contributed by atoms with E-state index in [0.29, 0.717) is 22.7 Å². The SMILES string of the molecule is COc1cc(C)c(NC(=O)c2ccccc2NS(=O)(=O)c2cc(C)ccc2C)cc1OC. The number of nitrogens with one attached hydrogen (secondary N) is 2. The number of anilines is 2. The van der Waals surface area contributed by atoms with Crippen molar-refractivity contribution in [2.45, 2.75) is 25.7 Å². The van der Waals surface area contributed by atoms with Crippen molar-refractivity contribution in [1.82, 2.24) is 0 Å². The van der Waals surface area contributed by atoms with Crippen LogP contribution in [0.15, 0.2) is 59.5 Å². The third-order valence-corrected chi connectivity index (χ3v) is 6.54. The van der Waals surface area contributed by atoms with Crippen molar-refractivity contribution in [3.05, 3.63) is 76.9 Å². The first-order chi connectivity index (χ1) is 15.2. The maximum atomic E-state index is 13.1. The van der Waals surface area contributed by atoms with E-state index in [0.717, 1.165) is 11.1 Å². The molecule has 168 valence electrons. The van der Waals surface area contributed by atoms with Crippen molar-refractivity contribution < 1.29 is 22.7 Å². The monoisotopic (exact) mass is 454 g/mol. The number of hydrogen-bond donors (Lipinski definition) is 2. The molecule has 0 aromatic heterocycles. The Balaban J connectivity index is 1.93. The molecule has 0 saturated carbocycles. The second-order valence-electron chi connectivity index (χ2n) is 7.40. The number of carbonyl (C=O) groups excluding carboxylic acids is 1. The van der Waals surface area contributed by atoms with Crippen molar-refractivity contribution in [3.63, 3.8) is 0 Å². The summed E-state index contributed by atoms with van der Waals surface area (Å²) in [6, 6.07) is 15.1. The van der Waals surface area contributed by atoms with Crippen molar-refractivity contribution in [3.8, 4) is 11.5 Å². The number of ether oxygens (including phenoxy) is 2. The van der Waals surface area contributed by atoms with Gasteiger partial charge in [-0.15, -0.1) is 0 Å². The van der Waals surface area contributed by atoms with Crippen LogP contribution in [-0.4, -0.2) is 28.5 Å². The molecule has 0 heterocycles. The van der Waals surface area contributed by atoms with E-state index in [1.54, 1.807) is 55.5 Å². The molecule has 0 aliphatic heterocycles. The van der Waals surface area contributed by atoms with E-state index in [1.807, 2.05) is 19.9 Å². The topological polar surface area (TPSA) is 93.7 Å². The van der Waals surface area contributed by atoms with Crippen LogP contribution in [0.4, 0.5) is 11.4 Å². The summed E-state index contributed by atoms with van der Waals surface area (Å²) in [4.78, 5) is 13.2. The third kappa shape index (κ3) is 4.86. The van der Waals surface area contributed by atoms with Gasteiger partial charge in [0.25, 0.3) is 15.9 Å². The van der Waals surface area contributed by atoms with Crippen LogP contribution >= 0.6 is 0 Å². The number of methoxy groups -OCH3 is 2. The van der Waals surface area contributed by atoms with Crippen LogP contribution in [0, 0.1) is 20.8 Å². The second kappa shape index (κ2) is 9.32. The quantitative estimate of drug-likeness (QED) is 0.541. The van der Waals surface area contributed by atoms with Gasteiger partial charge in [-0.05, 0) is 61.7 Å². The fraction of sp³-hybridized carbons (Fsp3) is 0.208. The number of aryl methyl sites for hydroxylation is 3. The molecule has 2 N–H and O–H groups in total. The minimum absolute atomic E-state index is 0.170. The zero-order chi connectivity index (χ0) is 23.5. The Labute approximate surface area is 188 Å². The van der Waals surface area contributed by atoms with Crippen LogP contribution in [0.1, 0.15) is 27.0 Å². The van der Waals surface area contributed by atoms with Crippen LogP contribution in [0.3, 0.4) is 0 Å². The van der Waals surface area contributed by atoms with Gasteiger partial charge in [0.2, 0.25) is 0 Å². The number of benzene rings is 3. The molecule has 0 fully saturated rings. The molecule has 3 aromatic carbocycles. The summed E-state index contributed by atoms with van der Waals surface area (Å²) in [5.41, 5.74) is 3.11. The largest absolute Gasteiger partial charge is 0.493 e. The van der Waals surface area contributed by atoms with E-state index in [9.17, 15) is 13.2 Å². The summed E-state index contributed by atoms with van der Waals surface area (Å²) in [5, 5.41) is 2.83. The number of sulfonamides is 1. The lowest BCUT2D eigenvalue weighted by Crippen LogP contribution is -2.19. The molecule has 0 atom stereocenters. The van der Waals surface area contributed by atoms with Crippen molar-refractivity contribution in [1.29, 1.82) is 0 Å². The van der Waals surface area contributed by atoms with Crippen molar-refractivity contribution >= 4 is 27.3 Å². The predicted octanol–water partition coefficient (Wildman–Crippen LogP) is 4.68. The van der Waals surface area contributed by atoms with Gasteiger partial charge in [0.15, 0.2) is 11.5 Å². The van der Waals surface area contributed by atoms with Gasteiger partial charge in [-0.1, -0.05) is 24.3 Å². The molecule has 0 bridgehead atoms. The van der Waals surface area contributed by atoms with Gasteiger partial charge < -0.3 is 14.8 Å². The van der Waals surface area contributed by atoms with Gasteiger partial charge in [-0.2, -0.15) is 0 Å². The normalized spacial score (nSPS) is 11.0. The average Bonchev–Trinajstić information content (AvgIpc) is 2.76. The summed E-state index contributed by atoms with van der Waals surface area (Å²) in [6.45, 7) is 5.38. The first-order valence-corrected chi connectivity index (χ1v) is 11.4. The molecule has 8 heteroatoms. The zero-order valence-corrected chi connectivity index (χ0v) is 19.5. The van der Waals surface area contributed by atoms with E-state index in [1.165, 1.54) is 14.2 Å². The fourth-order valence-corrected chi connectivity index (χ4v) is 4.68. The Hall–Kier alpha value is -3.52. The number of carbonyl (C=O) groups is 1. The molecular weight excluding hydrogens is 428 g/mol. The van der Waals surface area contributed by atoms with Crippen LogP contribution < -0.4 is 19.5 Å². The first-order valence-electron chi connectivity index (χ1n) is 9.89. The molecule has 3 rings (SSSR count). The van der Waals surface area contributed by atoms with Crippen molar-refractivity contribution in [2.24, 2.45) is 0 Å². The van der Waals surface area contributed by atoms with Gasteiger partial charge in [-0.25, -0.2) is 8.42 Å². The smallest absolute Gasteiger partial charge is 0.262 e. The molecule has 0 unspecified atom stereocenters. The highest BCUT2D eigenvalue weighted by atomic mass is 32.2. The average molecular weight is 455 g/mol. The summed E-state index contributed by atoms with van der Waals surface area (Å²) in [7, 11) is -0.844. The Morgan fingerprint density at radius 1 is 0.812 bits per heavy atom. The molecule has 0 radical (unpaired) electrons. The molecule has 7 nitrogen and oxygen atoms in total. The van der Waals surface area contributed by atoms with E-state index in [4.69, 9.17) is 9.47 Å². The van der Waals surface area contributed by atoms with Crippen LogP contribution in [0.5, 0.6) is 11.5 Å². The molecule has 0 spiro atoms. The highest BCUT2D eigenvalue weighted by molar-refractivity contribution is 7.92. The fourth-order valence-electron chi connectivity index (χ4n) is 3.27. The molecule has 0 aliphatic carbocycles. The maximum Gasteiger partial charge on any atom is 0.262 e. The minimum Gasteiger partial charge on any atom is -0.493 e. The Morgan fingerprint density at radius 3 is 2.16 bits per heavy atom. The summed E-state index contributed by atoms with van der Waals surface area (Å²) in [6.07, 6.45) is 0. The third-order valence-electron chi connectivity index (χ3n) is 5.03. The van der Waals surface area contributed by atoms with E-state index >= 15 is 0 Å². The van der Waals surface area contributed by atoms with Crippen LogP contribution in [0.2, 0.25) is 0 Å². The first kappa shape index (κ1) is 23.1. The van der Waals surface area contributed by atoms with E-state index < -0.39 is 15.9 Å². The summed E-state index contributed by atoms with van der Waals surface area (Å²) < 4.78 is 39.2. The predicted molar refractivity (Wildman–Crippen MR) is 125 cm³/mol. The Kier molecular flexibility index (Phi) is 6.74. The van der Waals surface area contributed by atoms with Crippen LogP contribution in [-0.2, 0) is 10.0 Å². The van der Waals surface area contributed by atoms with Crippen molar-refractivity contribution in [2.75, 3.05) is 24.3 Å². The highest BCUT2D eigenvalue weighted by Gasteiger charge is 2.21. The van der Waals surface area contributed by atoms with Gasteiger partial charge in [0.05, 0.1) is 30.4 Å². The standard InChI is InChI=1S/C24H26N2O5S/c1-15-10-11-16(2)23(12-15)32(28,29)26-19-9-7-6-8-18(19)24(27)25-20-14-22(31-5)21(30-4)13-17(20)3/h6-14,26H,1-5H3,(H,25,27). The summed E-state index contributed by atoms with van der Waals surface area (Å²) >= 11 is 0. The Bertz CT molecular complexity index is 1270. The number of rotatable bonds is 7. The van der Waals surface area contributed by atoms with Gasteiger partial charge in [0, 0.05) is 11.8 Å². The molecular formula is C24H26N2O5S. The number of para-hydroxylation sites is 1. The second-order valence-corrected chi connectivity index (χ2v) is 9.05. The maximum absolute atomic E-state index is 13.1. The number of amides is 1. The lowest BCUT2D eigenvalue weighted by atomic mass is 10.1.